The molecule has 0 atom stereocenters. The third-order valence-electron chi connectivity index (χ3n) is 5.60. The number of hydrogen-bond acceptors (Lipinski definition) is 1. The molecule has 2 rings (SSSR count). The van der Waals surface area contributed by atoms with Crippen LogP contribution in [0.5, 0.6) is 0 Å². The minimum Gasteiger partial charge on any atom is -0.450 e. The van der Waals surface area contributed by atoms with Gasteiger partial charge in [0.2, 0.25) is 0 Å². The number of aryl methyl sites for hydroxylation is 1. The predicted molar refractivity (Wildman–Crippen MR) is 132 cm³/mol. The third kappa shape index (κ3) is 15.2. The highest BCUT2D eigenvalue weighted by molar-refractivity contribution is 5.63. The second-order valence-corrected chi connectivity index (χ2v) is 8.34. The van der Waals surface area contributed by atoms with Gasteiger partial charge in [-0.2, -0.15) is 0 Å². The minimum absolute atomic E-state index is 1.22. The van der Waals surface area contributed by atoms with Gasteiger partial charge in [0, 0.05) is 0 Å². The number of rotatable bonds is 15. The van der Waals surface area contributed by atoms with E-state index >= 15 is 0 Å². The summed E-state index contributed by atoms with van der Waals surface area (Å²) in [6.07, 6.45) is 17.9. The standard InChI is InChI=1S/C27H40.CH2O3/c1-2-3-4-5-6-7-8-9-10-11-12-13-15-19-25-20-18-23-27(24-25)26-21-16-14-17-22-26;2-1(3)4/h14,16-18,20-24H,2-13,15,19H2,1H3;(H2,2,3,4). The van der Waals surface area contributed by atoms with Gasteiger partial charge in [0.1, 0.15) is 0 Å². The van der Waals surface area contributed by atoms with Crippen LogP contribution in [0, 0.1) is 0 Å². The Bertz CT molecular complexity index is 678. The maximum atomic E-state index is 8.56. The molecule has 0 saturated heterocycles. The van der Waals surface area contributed by atoms with E-state index in [4.69, 9.17) is 15.0 Å². The molecule has 0 fully saturated rings. The number of benzene rings is 2. The molecule has 0 aromatic heterocycles. The minimum atomic E-state index is -1.83. The molecule has 0 radical (unpaired) electrons. The molecule has 0 saturated carbocycles. The molecule has 0 aliphatic rings. The van der Waals surface area contributed by atoms with Gasteiger partial charge in [-0.15, -0.1) is 0 Å². The SMILES string of the molecule is CCCCCCCCCCCCCCCc1cccc(-c2ccccc2)c1.O=C(O)O. The van der Waals surface area contributed by atoms with Gasteiger partial charge >= 0.3 is 6.16 Å². The summed E-state index contributed by atoms with van der Waals surface area (Å²) in [6.45, 7) is 2.29. The quantitative estimate of drug-likeness (QED) is 0.279. The van der Waals surface area contributed by atoms with Gasteiger partial charge in [-0.25, -0.2) is 4.79 Å². The van der Waals surface area contributed by atoms with Crippen LogP contribution in [0.1, 0.15) is 96.0 Å². The van der Waals surface area contributed by atoms with E-state index in [2.05, 4.69) is 61.5 Å². The number of carbonyl (C=O) groups is 1. The first-order valence-corrected chi connectivity index (χ1v) is 12.2. The van der Waals surface area contributed by atoms with E-state index < -0.39 is 6.16 Å². The zero-order chi connectivity index (χ0) is 22.6. The molecule has 0 aliphatic carbocycles. The molecule has 3 nitrogen and oxygen atoms in total. The van der Waals surface area contributed by atoms with Crippen LogP contribution < -0.4 is 0 Å². The third-order valence-corrected chi connectivity index (χ3v) is 5.60. The van der Waals surface area contributed by atoms with E-state index in [9.17, 15) is 0 Å². The zero-order valence-electron chi connectivity index (χ0n) is 19.4. The Morgan fingerprint density at radius 3 is 1.58 bits per heavy atom. The molecular formula is C28H42O3. The summed E-state index contributed by atoms with van der Waals surface area (Å²) < 4.78 is 0. The number of carboxylic acid groups (broad SMARTS) is 2. The van der Waals surface area contributed by atoms with Crippen molar-refractivity contribution in [2.75, 3.05) is 0 Å². The molecule has 31 heavy (non-hydrogen) atoms. The van der Waals surface area contributed by atoms with Crippen LogP contribution in [0.4, 0.5) is 4.79 Å². The molecular weight excluding hydrogens is 384 g/mol. The van der Waals surface area contributed by atoms with Gasteiger partial charge in [0.05, 0.1) is 0 Å². The fourth-order valence-corrected chi connectivity index (χ4v) is 3.88. The molecule has 0 spiro atoms. The van der Waals surface area contributed by atoms with Crippen molar-refractivity contribution in [2.45, 2.75) is 96.8 Å². The van der Waals surface area contributed by atoms with E-state index in [1.165, 1.54) is 107 Å². The van der Waals surface area contributed by atoms with E-state index in [0.717, 1.165) is 0 Å². The van der Waals surface area contributed by atoms with E-state index in [1.54, 1.807) is 0 Å². The molecule has 2 N–H and O–H groups in total. The van der Waals surface area contributed by atoms with Crippen LogP contribution in [0.3, 0.4) is 0 Å². The lowest BCUT2D eigenvalue weighted by atomic mass is 9.99. The van der Waals surface area contributed by atoms with E-state index in [0.29, 0.717) is 0 Å². The summed E-state index contributed by atoms with van der Waals surface area (Å²) in [7, 11) is 0. The summed E-state index contributed by atoms with van der Waals surface area (Å²) in [5.74, 6) is 0. The number of hydrogen-bond donors (Lipinski definition) is 2. The lowest BCUT2D eigenvalue weighted by Crippen LogP contribution is -1.88. The Morgan fingerprint density at radius 1 is 0.613 bits per heavy atom. The van der Waals surface area contributed by atoms with E-state index in [1.807, 2.05) is 0 Å². The van der Waals surface area contributed by atoms with Crippen molar-refractivity contribution in [3.63, 3.8) is 0 Å². The van der Waals surface area contributed by atoms with Gasteiger partial charge in [0.15, 0.2) is 0 Å². The maximum absolute atomic E-state index is 8.56. The van der Waals surface area contributed by atoms with Crippen LogP contribution in [-0.4, -0.2) is 16.4 Å². The smallest absolute Gasteiger partial charge is 0.450 e. The second kappa shape index (κ2) is 18.5. The molecule has 2 aromatic carbocycles. The lowest BCUT2D eigenvalue weighted by molar-refractivity contribution is 0.137. The number of unbranched alkanes of at least 4 members (excludes halogenated alkanes) is 12. The monoisotopic (exact) mass is 426 g/mol. The molecule has 2 aromatic rings. The second-order valence-electron chi connectivity index (χ2n) is 8.34. The summed E-state index contributed by atoms with van der Waals surface area (Å²) in [4.78, 5) is 8.56. The molecule has 0 unspecified atom stereocenters. The summed E-state index contributed by atoms with van der Waals surface area (Å²) in [5.41, 5.74) is 4.16. The van der Waals surface area contributed by atoms with Gasteiger partial charge in [-0.05, 0) is 29.5 Å². The fraction of sp³-hybridized carbons (Fsp3) is 0.536. The molecule has 0 aliphatic heterocycles. The highest BCUT2D eigenvalue weighted by Gasteiger charge is 1.99. The average Bonchev–Trinajstić information content (AvgIpc) is 2.77. The largest absolute Gasteiger partial charge is 0.503 e. The van der Waals surface area contributed by atoms with Crippen LogP contribution >= 0.6 is 0 Å². The zero-order valence-corrected chi connectivity index (χ0v) is 19.4. The van der Waals surface area contributed by atoms with Crippen LogP contribution in [-0.2, 0) is 6.42 Å². The van der Waals surface area contributed by atoms with Crippen molar-refractivity contribution >= 4 is 6.16 Å². The van der Waals surface area contributed by atoms with E-state index in [-0.39, 0.29) is 0 Å². The summed E-state index contributed by atoms with van der Waals surface area (Å²) in [6, 6.07) is 19.8. The van der Waals surface area contributed by atoms with Crippen molar-refractivity contribution in [1.29, 1.82) is 0 Å². The van der Waals surface area contributed by atoms with Crippen LogP contribution in [0.25, 0.3) is 11.1 Å². The normalized spacial score (nSPS) is 10.4. The molecule has 0 amide bonds. The van der Waals surface area contributed by atoms with Crippen molar-refractivity contribution in [1.82, 2.24) is 0 Å². The highest BCUT2D eigenvalue weighted by atomic mass is 16.6. The first-order chi connectivity index (χ1) is 15.1. The van der Waals surface area contributed by atoms with Gasteiger partial charge in [-0.1, -0.05) is 139 Å². The fourth-order valence-electron chi connectivity index (χ4n) is 3.88. The first kappa shape index (κ1) is 26.7. The Morgan fingerprint density at radius 2 is 1.06 bits per heavy atom. The average molecular weight is 427 g/mol. The topological polar surface area (TPSA) is 57.5 Å². The van der Waals surface area contributed by atoms with Crippen molar-refractivity contribution < 1.29 is 15.0 Å². The van der Waals surface area contributed by atoms with Crippen molar-refractivity contribution in [2.24, 2.45) is 0 Å². The van der Waals surface area contributed by atoms with Gasteiger partial charge in [-0.3, -0.25) is 0 Å². The van der Waals surface area contributed by atoms with Gasteiger partial charge in [0.25, 0.3) is 0 Å². The highest BCUT2D eigenvalue weighted by Crippen LogP contribution is 2.21. The van der Waals surface area contributed by atoms with Crippen LogP contribution in [0.2, 0.25) is 0 Å². The summed E-state index contributed by atoms with van der Waals surface area (Å²) in [5, 5.41) is 13.9. The molecule has 3 heteroatoms. The van der Waals surface area contributed by atoms with Crippen LogP contribution in [0.15, 0.2) is 54.6 Å². The molecule has 0 heterocycles. The molecule has 0 bridgehead atoms. The maximum Gasteiger partial charge on any atom is 0.503 e. The predicted octanol–water partition coefficient (Wildman–Crippen LogP) is 9.21. The Labute approximate surface area is 189 Å². The Kier molecular flexibility index (Phi) is 15.9. The lowest BCUT2D eigenvalue weighted by Gasteiger charge is -2.06. The Hall–Kier alpha value is -2.29. The molecule has 172 valence electrons. The van der Waals surface area contributed by atoms with Crippen molar-refractivity contribution in [3.8, 4) is 11.1 Å². The van der Waals surface area contributed by atoms with Crippen molar-refractivity contribution in [3.05, 3.63) is 60.2 Å². The first-order valence-electron chi connectivity index (χ1n) is 12.2. The Balaban J connectivity index is 0.00000110. The van der Waals surface area contributed by atoms with Gasteiger partial charge < -0.3 is 10.2 Å². The summed E-state index contributed by atoms with van der Waals surface area (Å²) >= 11 is 0.